The van der Waals surface area contributed by atoms with E-state index in [2.05, 4.69) is 34.3 Å². The molecule has 1 spiro atoms. The third-order valence-corrected chi connectivity index (χ3v) is 7.64. The minimum absolute atomic E-state index is 0.0351. The molecular formula is C25H32N4O4. The lowest BCUT2D eigenvalue weighted by molar-refractivity contribution is 0.0369. The zero-order valence-electron chi connectivity index (χ0n) is 19.2. The number of likely N-dealkylation sites (tertiary alicyclic amines) is 2. The van der Waals surface area contributed by atoms with E-state index in [1.807, 2.05) is 16.7 Å². The van der Waals surface area contributed by atoms with E-state index < -0.39 is 0 Å². The molecule has 1 aromatic heterocycles. The molecule has 33 heavy (non-hydrogen) atoms. The van der Waals surface area contributed by atoms with Gasteiger partial charge >= 0.3 is 6.09 Å². The quantitative estimate of drug-likeness (QED) is 0.711. The molecule has 0 aliphatic carbocycles. The summed E-state index contributed by atoms with van der Waals surface area (Å²) in [7, 11) is 0. The standard InChI is InChI=1S/C25H32N4O4/c1-2-32-24(31)28-13-8-20(9-14-28)27-15-10-25(11-16-27)18-29(23(30)22-7-12-26-33-22)17-19-5-3-4-6-21(19)25/h3-7,12,20H,2,8-11,13-18H2,1H3. The van der Waals surface area contributed by atoms with E-state index in [1.54, 1.807) is 6.07 Å². The Balaban J connectivity index is 1.27. The summed E-state index contributed by atoms with van der Waals surface area (Å²) in [6.07, 6.45) is 5.33. The Morgan fingerprint density at radius 3 is 2.55 bits per heavy atom. The lowest BCUT2D eigenvalue weighted by Gasteiger charge is -2.50. The van der Waals surface area contributed by atoms with Gasteiger partial charge in [0, 0.05) is 43.7 Å². The minimum atomic E-state index is -0.191. The van der Waals surface area contributed by atoms with E-state index in [4.69, 9.17) is 9.26 Å². The molecule has 0 atom stereocenters. The summed E-state index contributed by atoms with van der Waals surface area (Å²) >= 11 is 0. The Bertz CT molecular complexity index is 976. The first-order valence-electron chi connectivity index (χ1n) is 12.0. The fourth-order valence-electron chi connectivity index (χ4n) is 5.89. The van der Waals surface area contributed by atoms with Crippen LogP contribution in [0.25, 0.3) is 0 Å². The molecule has 176 valence electrons. The number of ether oxygens (including phenoxy) is 1. The maximum atomic E-state index is 13.1. The summed E-state index contributed by atoms with van der Waals surface area (Å²) in [5, 5.41) is 3.71. The Morgan fingerprint density at radius 2 is 1.85 bits per heavy atom. The van der Waals surface area contributed by atoms with Crippen LogP contribution in [0.3, 0.4) is 0 Å². The topological polar surface area (TPSA) is 79.1 Å². The molecule has 8 nitrogen and oxygen atoms in total. The maximum absolute atomic E-state index is 13.1. The van der Waals surface area contributed by atoms with Gasteiger partial charge in [-0.3, -0.25) is 4.79 Å². The second-order valence-electron chi connectivity index (χ2n) is 9.43. The predicted octanol–water partition coefficient (Wildman–Crippen LogP) is 3.29. The maximum Gasteiger partial charge on any atom is 0.409 e. The van der Waals surface area contributed by atoms with Crippen LogP contribution in [0.5, 0.6) is 0 Å². The summed E-state index contributed by atoms with van der Waals surface area (Å²) < 4.78 is 10.3. The molecule has 5 rings (SSSR count). The van der Waals surface area contributed by atoms with E-state index in [0.29, 0.717) is 31.5 Å². The van der Waals surface area contributed by atoms with Crippen molar-refractivity contribution in [1.29, 1.82) is 0 Å². The number of hydrogen-bond donors (Lipinski definition) is 0. The molecule has 1 aromatic carbocycles. The van der Waals surface area contributed by atoms with Gasteiger partial charge in [-0.1, -0.05) is 29.4 Å². The van der Waals surface area contributed by atoms with Crippen LogP contribution in [0, 0.1) is 0 Å². The van der Waals surface area contributed by atoms with Gasteiger partial charge in [0.25, 0.3) is 5.91 Å². The van der Waals surface area contributed by atoms with Gasteiger partial charge in [-0.05, 0) is 56.8 Å². The van der Waals surface area contributed by atoms with Crippen molar-refractivity contribution in [2.75, 3.05) is 39.3 Å². The molecule has 2 fully saturated rings. The number of carbonyl (C=O) groups is 2. The molecule has 4 heterocycles. The fourth-order valence-corrected chi connectivity index (χ4v) is 5.89. The minimum Gasteiger partial charge on any atom is -0.450 e. The Kier molecular flexibility index (Phi) is 6.10. The van der Waals surface area contributed by atoms with Crippen molar-refractivity contribution in [3.8, 4) is 0 Å². The molecule has 3 aliphatic rings. The van der Waals surface area contributed by atoms with E-state index in [9.17, 15) is 9.59 Å². The number of nitrogens with zero attached hydrogens (tertiary/aromatic N) is 4. The summed E-state index contributed by atoms with van der Waals surface area (Å²) in [4.78, 5) is 31.4. The Morgan fingerprint density at radius 1 is 1.09 bits per heavy atom. The average molecular weight is 453 g/mol. The van der Waals surface area contributed by atoms with Crippen molar-refractivity contribution < 1.29 is 18.8 Å². The molecular weight excluding hydrogens is 420 g/mol. The predicted molar refractivity (Wildman–Crippen MR) is 122 cm³/mol. The number of rotatable bonds is 3. The number of carbonyl (C=O) groups excluding carboxylic acids is 2. The third kappa shape index (κ3) is 4.24. The van der Waals surface area contributed by atoms with E-state index in [1.165, 1.54) is 17.3 Å². The highest BCUT2D eigenvalue weighted by Gasteiger charge is 2.44. The molecule has 3 aliphatic heterocycles. The van der Waals surface area contributed by atoms with Crippen molar-refractivity contribution in [2.24, 2.45) is 0 Å². The molecule has 0 bridgehead atoms. The molecule has 2 amide bonds. The van der Waals surface area contributed by atoms with E-state index in [0.717, 1.165) is 51.9 Å². The normalized spacial score (nSPS) is 21.1. The monoisotopic (exact) mass is 452 g/mol. The Hall–Kier alpha value is -2.87. The first-order valence-corrected chi connectivity index (χ1v) is 12.0. The van der Waals surface area contributed by atoms with Gasteiger partial charge in [-0.2, -0.15) is 0 Å². The van der Waals surface area contributed by atoms with Crippen LogP contribution in [-0.2, 0) is 16.7 Å². The van der Waals surface area contributed by atoms with Gasteiger partial charge in [-0.25, -0.2) is 4.79 Å². The number of amides is 2. The van der Waals surface area contributed by atoms with Crippen molar-refractivity contribution in [3.63, 3.8) is 0 Å². The second kappa shape index (κ2) is 9.17. The molecule has 2 saturated heterocycles. The highest BCUT2D eigenvalue weighted by molar-refractivity contribution is 5.91. The summed E-state index contributed by atoms with van der Waals surface area (Å²) in [6.45, 7) is 7.10. The van der Waals surface area contributed by atoms with Crippen LogP contribution in [0.4, 0.5) is 4.79 Å². The van der Waals surface area contributed by atoms with Crippen molar-refractivity contribution in [3.05, 3.63) is 53.4 Å². The smallest absolute Gasteiger partial charge is 0.409 e. The number of hydrogen-bond acceptors (Lipinski definition) is 6. The van der Waals surface area contributed by atoms with Crippen molar-refractivity contribution >= 4 is 12.0 Å². The Labute approximate surface area is 194 Å². The SMILES string of the molecule is CCOC(=O)N1CCC(N2CCC3(CC2)CN(C(=O)c2ccno2)Cc2ccccc23)CC1. The zero-order chi connectivity index (χ0) is 22.8. The van der Waals surface area contributed by atoms with Gasteiger partial charge in [-0.15, -0.1) is 0 Å². The van der Waals surface area contributed by atoms with Crippen LogP contribution in [0.1, 0.15) is 54.3 Å². The van der Waals surface area contributed by atoms with Crippen molar-refractivity contribution in [1.82, 2.24) is 19.9 Å². The lowest BCUT2D eigenvalue weighted by atomic mass is 9.68. The largest absolute Gasteiger partial charge is 0.450 e. The molecule has 0 unspecified atom stereocenters. The number of aromatic nitrogens is 1. The average Bonchev–Trinajstić information content (AvgIpc) is 3.39. The van der Waals surface area contributed by atoms with E-state index >= 15 is 0 Å². The highest BCUT2D eigenvalue weighted by atomic mass is 16.6. The van der Waals surface area contributed by atoms with Gasteiger partial charge in [0.2, 0.25) is 5.76 Å². The molecule has 0 radical (unpaired) electrons. The van der Waals surface area contributed by atoms with Crippen LogP contribution in [-0.4, -0.2) is 77.2 Å². The summed E-state index contributed by atoms with van der Waals surface area (Å²) in [6, 6.07) is 10.7. The van der Waals surface area contributed by atoms with E-state index in [-0.39, 0.29) is 17.4 Å². The van der Waals surface area contributed by atoms with Gasteiger partial charge in [0.05, 0.1) is 12.8 Å². The summed E-state index contributed by atoms with van der Waals surface area (Å²) in [5.41, 5.74) is 2.59. The second-order valence-corrected chi connectivity index (χ2v) is 9.43. The van der Waals surface area contributed by atoms with Gasteiger partial charge in [0.15, 0.2) is 0 Å². The fraction of sp³-hybridized carbons (Fsp3) is 0.560. The van der Waals surface area contributed by atoms with Crippen LogP contribution in [0.2, 0.25) is 0 Å². The highest BCUT2D eigenvalue weighted by Crippen LogP contribution is 2.43. The zero-order valence-corrected chi connectivity index (χ0v) is 19.2. The molecule has 0 N–H and O–H groups in total. The first-order chi connectivity index (χ1) is 16.1. The molecule has 2 aromatic rings. The first kappa shape index (κ1) is 21.9. The third-order valence-electron chi connectivity index (χ3n) is 7.64. The van der Waals surface area contributed by atoms with Crippen LogP contribution in [0.15, 0.2) is 41.1 Å². The molecule has 8 heteroatoms. The van der Waals surface area contributed by atoms with Crippen LogP contribution < -0.4 is 0 Å². The molecule has 0 saturated carbocycles. The number of fused-ring (bicyclic) bond motifs is 2. The number of piperidine rings is 2. The lowest BCUT2D eigenvalue weighted by Crippen LogP contribution is -2.56. The van der Waals surface area contributed by atoms with Gasteiger partial charge < -0.3 is 24.0 Å². The van der Waals surface area contributed by atoms with Crippen LogP contribution >= 0.6 is 0 Å². The number of benzene rings is 1. The summed E-state index contributed by atoms with van der Waals surface area (Å²) in [5.74, 6) is 0.213. The van der Waals surface area contributed by atoms with Crippen molar-refractivity contribution in [2.45, 2.75) is 50.6 Å². The van der Waals surface area contributed by atoms with Gasteiger partial charge in [0.1, 0.15) is 0 Å².